The van der Waals surface area contributed by atoms with Crippen molar-refractivity contribution in [1.29, 1.82) is 0 Å². The molecule has 0 saturated carbocycles. The second-order valence-corrected chi connectivity index (χ2v) is 6.77. The maximum absolute atomic E-state index is 11.6. The van der Waals surface area contributed by atoms with Gasteiger partial charge in [0.25, 0.3) is 5.56 Å². The molecule has 9 heteroatoms. The first-order chi connectivity index (χ1) is 14.0. The molecule has 4 rings (SSSR count). The summed E-state index contributed by atoms with van der Waals surface area (Å²) >= 11 is 0. The first-order valence-corrected chi connectivity index (χ1v) is 9.27. The van der Waals surface area contributed by atoms with Gasteiger partial charge in [-0.1, -0.05) is 28.9 Å². The van der Waals surface area contributed by atoms with E-state index in [9.17, 15) is 4.79 Å². The number of aryl methyl sites for hydroxylation is 1. The minimum Gasteiger partial charge on any atom is -0.356 e. The van der Waals surface area contributed by atoms with E-state index in [-0.39, 0.29) is 5.56 Å². The Bertz CT molecular complexity index is 1190. The van der Waals surface area contributed by atoms with Gasteiger partial charge in [-0.2, -0.15) is 0 Å². The Morgan fingerprint density at radius 2 is 2.07 bits per heavy atom. The fourth-order valence-electron chi connectivity index (χ4n) is 3.18. The molecule has 0 fully saturated rings. The van der Waals surface area contributed by atoms with Crippen LogP contribution >= 0.6 is 0 Å². The number of benzene rings is 1. The Morgan fingerprint density at radius 1 is 1.21 bits per heavy atom. The van der Waals surface area contributed by atoms with Crippen LogP contribution in [0.3, 0.4) is 0 Å². The third-order valence-corrected chi connectivity index (χ3v) is 4.56. The number of anilines is 1. The molecule has 9 nitrogen and oxygen atoms in total. The van der Waals surface area contributed by atoms with Crippen molar-refractivity contribution in [3.8, 4) is 22.8 Å². The largest absolute Gasteiger partial charge is 0.356 e. The number of aromatic nitrogens is 6. The van der Waals surface area contributed by atoms with E-state index < -0.39 is 0 Å². The van der Waals surface area contributed by atoms with Crippen LogP contribution in [0.5, 0.6) is 0 Å². The fourth-order valence-corrected chi connectivity index (χ4v) is 3.18. The molecule has 0 aliphatic rings. The van der Waals surface area contributed by atoms with Crippen LogP contribution < -0.4 is 10.5 Å². The van der Waals surface area contributed by atoms with Crippen molar-refractivity contribution < 1.29 is 4.52 Å². The Kier molecular flexibility index (Phi) is 4.94. The highest BCUT2D eigenvalue weighted by atomic mass is 16.5. The van der Waals surface area contributed by atoms with Crippen molar-refractivity contribution >= 4 is 5.95 Å². The van der Waals surface area contributed by atoms with E-state index in [2.05, 4.69) is 31.4 Å². The number of hydrogen-bond acceptors (Lipinski definition) is 7. The Balaban J connectivity index is 1.58. The second-order valence-electron chi connectivity index (χ2n) is 6.77. The van der Waals surface area contributed by atoms with Gasteiger partial charge < -0.3 is 14.4 Å². The van der Waals surface area contributed by atoms with Gasteiger partial charge in [-0.25, -0.2) is 4.98 Å². The lowest BCUT2D eigenvalue weighted by atomic mass is 10.1. The molecule has 0 bridgehead atoms. The summed E-state index contributed by atoms with van der Waals surface area (Å²) in [7, 11) is 1.91. The summed E-state index contributed by atoms with van der Waals surface area (Å²) in [4.78, 5) is 20.2. The van der Waals surface area contributed by atoms with Crippen molar-refractivity contribution in [2.24, 2.45) is 0 Å². The van der Waals surface area contributed by atoms with Crippen LogP contribution in [0.2, 0.25) is 0 Å². The number of aromatic amines is 1. The number of nitrogens with one attached hydrogen (secondary N) is 1. The van der Waals surface area contributed by atoms with Crippen molar-refractivity contribution in [2.75, 3.05) is 11.9 Å². The summed E-state index contributed by atoms with van der Waals surface area (Å²) in [5.41, 5.74) is 3.18. The van der Waals surface area contributed by atoms with Crippen LogP contribution in [-0.4, -0.2) is 36.9 Å². The van der Waals surface area contributed by atoms with Crippen LogP contribution in [-0.2, 0) is 13.1 Å². The molecule has 4 aromatic rings. The molecule has 0 radical (unpaired) electrons. The molecule has 3 heterocycles. The molecule has 0 spiro atoms. The molecule has 148 valence electrons. The third kappa shape index (κ3) is 3.79. The lowest BCUT2D eigenvalue weighted by molar-refractivity contribution is 0.423. The second kappa shape index (κ2) is 7.70. The maximum Gasteiger partial charge on any atom is 0.251 e. The van der Waals surface area contributed by atoms with Gasteiger partial charge in [0.1, 0.15) is 11.4 Å². The average Bonchev–Trinajstić information content (AvgIpc) is 3.34. The molecule has 3 aromatic heterocycles. The van der Waals surface area contributed by atoms with Crippen molar-refractivity contribution in [3.63, 3.8) is 0 Å². The normalized spacial score (nSPS) is 11.0. The summed E-state index contributed by atoms with van der Waals surface area (Å²) in [5.74, 6) is 1.92. The summed E-state index contributed by atoms with van der Waals surface area (Å²) in [5, 5.41) is 12.7. The van der Waals surface area contributed by atoms with E-state index in [1.54, 1.807) is 0 Å². The first kappa shape index (κ1) is 18.6. The van der Waals surface area contributed by atoms with Crippen molar-refractivity contribution in [1.82, 2.24) is 29.9 Å². The summed E-state index contributed by atoms with van der Waals surface area (Å²) in [6.45, 7) is 5.16. The molecule has 0 amide bonds. The van der Waals surface area contributed by atoms with Crippen molar-refractivity contribution in [3.05, 3.63) is 64.3 Å². The highest BCUT2D eigenvalue weighted by Gasteiger charge is 2.18. The van der Waals surface area contributed by atoms with E-state index in [4.69, 9.17) is 4.52 Å². The zero-order chi connectivity index (χ0) is 20.4. The molecule has 0 aliphatic heterocycles. The molecular formula is C20H21N7O2. The topological polar surface area (TPSA) is 106 Å². The van der Waals surface area contributed by atoms with Gasteiger partial charge in [0.15, 0.2) is 11.6 Å². The molecule has 0 unspecified atom stereocenters. The fraction of sp³-hybridized carbons (Fsp3) is 0.250. The Hall–Kier alpha value is -3.75. The predicted molar refractivity (Wildman–Crippen MR) is 108 cm³/mol. The minimum atomic E-state index is -0.234. The molecule has 0 saturated heterocycles. The highest BCUT2D eigenvalue weighted by Crippen LogP contribution is 2.24. The Morgan fingerprint density at radius 3 is 2.83 bits per heavy atom. The highest BCUT2D eigenvalue weighted by molar-refractivity contribution is 5.58. The Labute approximate surface area is 167 Å². The molecule has 1 aromatic carbocycles. The van der Waals surface area contributed by atoms with Gasteiger partial charge in [-0.3, -0.25) is 9.36 Å². The molecule has 1 N–H and O–H groups in total. The first-order valence-electron chi connectivity index (χ1n) is 9.27. The molecular weight excluding hydrogens is 370 g/mol. The predicted octanol–water partition coefficient (Wildman–Crippen LogP) is 2.65. The maximum atomic E-state index is 11.6. The standard InChI is InChI=1S/C20H21N7O2/c1-4-27-19(16-10-18(28)22-12-21-16)23-24-20(27)26(3)11-15-9-17(29-25-15)14-7-5-6-13(2)8-14/h5-10,12H,4,11H2,1-3H3,(H,21,22,28). The molecule has 0 aliphatic carbocycles. The zero-order valence-corrected chi connectivity index (χ0v) is 16.5. The molecule has 0 atom stereocenters. The number of H-pyrrole nitrogens is 1. The summed E-state index contributed by atoms with van der Waals surface area (Å²) in [6, 6.07) is 11.4. The molecule has 29 heavy (non-hydrogen) atoms. The number of rotatable bonds is 6. The van der Waals surface area contributed by atoms with Gasteiger partial charge in [0.2, 0.25) is 5.95 Å². The zero-order valence-electron chi connectivity index (χ0n) is 16.5. The van der Waals surface area contributed by atoms with Crippen LogP contribution in [0.4, 0.5) is 5.95 Å². The summed E-state index contributed by atoms with van der Waals surface area (Å²) < 4.78 is 7.43. The SMILES string of the molecule is CCn1c(-c2cc(=O)[nH]cn2)nnc1N(C)Cc1cc(-c2cccc(C)c2)on1. The van der Waals surface area contributed by atoms with Crippen LogP contribution in [0, 0.1) is 6.92 Å². The van der Waals surface area contributed by atoms with Crippen LogP contribution in [0.1, 0.15) is 18.2 Å². The van der Waals surface area contributed by atoms with Gasteiger partial charge in [0.05, 0.1) is 12.9 Å². The van der Waals surface area contributed by atoms with Gasteiger partial charge in [-0.15, -0.1) is 10.2 Å². The van der Waals surface area contributed by atoms with Gasteiger partial charge in [-0.05, 0) is 19.9 Å². The lowest BCUT2D eigenvalue weighted by Gasteiger charge is -2.17. The monoisotopic (exact) mass is 391 g/mol. The van der Waals surface area contributed by atoms with Crippen LogP contribution in [0.15, 0.2) is 52.0 Å². The lowest BCUT2D eigenvalue weighted by Crippen LogP contribution is -2.21. The number of hydrogen-bond donors (Lipinski definition) is 1. The summed E-state index contributed by atoms with van der Waals surface area (Å²) in [6.07, 6.45) is 1.36. The smallest absolute Gasteiger partial charge is 0.251 e. The van der Waals surface area contributed by atoms with E-state index in [0.29, 0.717) is 30.6 Å². The number of nitrogens with zero attached hydrogens (tertiary/aromatic N) is 6. The average molecular weight is 391 g/mol. The quantitative estimate of drug-likeness (QED) is 0.538. The van der Waals surface area contributed by atoms with E-state index in [1.807, 2.05) is 54.6 Å². The minimum absolute atomic E-state index is 0.234. The van der Waals surface area contributed by atoms with Crippen molar-refractivity contribution in [2.45, 2.75) is 26.9 Å². The third-order valence-electron chi connectivity index (χ3n) is 4.56. The van der Waals surface area contributed by atoms with Gasteiger partial charge in [0, 0.05) is 31.3 Å². The van der Waals surface area contributed by atoms with E-state index in [0.717, 1.165) is 22.6 Å². The van der Waals surface area contributed by atoms with E-state index in [1.165, 1.54) is 12.4 Å². The van der Waals surface area contributed by atoms with Gasteiger partial charge >= 0.3 is 0 Å². The van der Waals surface area contributed by atoms with Crippen LogP contribution in [0.25, 0.3) is 22.8 Å². The van der Waals surface area contributed by atoms with E-state index >= 15 is 0 Å².